The Kier molecular flexibility index (Phi) is 7.83. The second-order valence-corrected chi connectivity index (χ2v) is 10.1. The summed E-state index contributed by atoms with van der Waals surface area (Å²) in [5.74, 6) is -1.15. The van der Waals surface area contributed by atoms with E-state index >= 15 is 0 Å². The molecule has 11 heteroatoms. The summed E-state index contributed by atoms with van der Waals surface area (Å²) in [6, 6.07) is 13.9. The van der Waals surface area contributed by atoms with Gasteiger partial charge in [-0.25, -0.2) is 8.42 Å². The highest BCUT2D eigenvalue weighted by Crippen LogP contribution is 2.33. The Morgan fingerprint density at radius 3 is 1.89 bits per heavy atom. The van der Waals surface area contributed by atoms with E-state index in [1.165, 1.54) is 31.2 Å². The molecule has 0 aliphatic carbocycles. The number of hydrogen-bond acceptors (Lipinski definition) is 7. The number of carbonyl (C=O) groups is 1. The quantitative estimate of drug-likeness (QED) is 0.273. The van der Waals surface area contributed by atoms with Crippen LogP contribution in [-0.2, 0) is 16.4 Å². The van der Waals surface area contributed by atoms with Crippen LogP contribution in [0.2, 0.25) is 0 Å². The monoisotopic (exact) mass is 511 g/mol. The van der Waals surface area contributed by atoms with E-state index in [-0.39, 0.29) is 16.1 Å². The van der Waals surface area contributed by atoms with Gasteiger partial charge in [0, 0.05) is 12.1 Å². The highest BCUT2D eigenvalue weighted by molar-refractivity contribution is 7.93. The Labute approximate surface area is 208 Å². The number of hydrogen-bond donors (Lipinski definition) is 0. The Balaban J connectivity index is 2.22. The van der Waals surface area contributed by atoms with Gasteiger partial charge in [0.1, 0.15) is 5.56 Å². The second-order valence-electron chi connectivity index (χ2n) is 8.31. The van der Waals surface area contributed by atoms with Gasteiger partial charge in [-0.1, -0.05) is 43.2 Å². The van der Waals surface area contributed by atoms with Crippen molar-refractivity contribution in [2.24, 2.45) is 0 Å². The van der Waals surface area contributed by atoms with Crippen molar-refractivity contribution in [2.75, 3.05) is 4.31 Å². The highest BCUT2D eigenvalue weighted by atomic mass is 32.2. The Morgan fingerprint density at radius 1 is 0.889 bits per heavy atom. The number of sulfonamides is 1. The predicted molar refractivity (Wildman–Crippen MR) is 135 cm³/mol. The lowest BCUT2D eigenvalue weighted by Crippen LogP contribution is -2.37. The fraction of sp³-hybridized carbons (Fsp3) is 0.240. The first-order valence-electron chi connectivity index (χ1n) is 11.2. The molecule has 0 aromatic heterocycles. The van der Waals surface area contributed by atoms with Gasteiger partial charge in [0.25, 0.3) is 27.3 Å². The maximum Gasteiger partial charge on any atom is 0.279 e. The summed E-state index contributed by atoms with van der Waals surface area (Å²) < 4.78 is 27.8. The summed E-state index contributed by atoms with van der Waals surface area (Å²) in [6.45, 7) is 5.02. The van der Waals surface area contributed by atoms with Gasteiger partial charge in [-0.3, -0.25) is 25.0 Å². The minimum absolute atomic E-state index is 0.00621. The zero-order valence-electron chi connectivity index (χ0n) is 20.0. The standard InChI is InChI=1S/C25H25N3O7S/c1-4-5-6-19-9-11-21(12-10-19)26(36(34,35)22-13-7-17(2)8-14-22)25(29)20-15-23(27(30)31)18(3)24(16-20)28(32)33/h7-16H,4-6H2,1-3H3. The Hall–Kier alpha value is -4.12. The van der Waals surface area contributed by atoms with E-state index in [4.69, 9.17) is 0 Å². The maximum atomic E-state index is 13.7. The molecule has 0 spiro atoms. The number of nitro benzene ring substituents is 2. The molecule has 3 rings (SSSR count). The average molecular weight is 512 g/mol. The molecule has 0 aliphatic heterocycles. The Bertz CT molecular complexity index is 1380. The third-order valence-corrected chi connectivity index (χ3v) is 7.45. The molecule has 0 aliphatic rings. The van der Waals surface area contributed by atoms with Crippen molar-refractivity contribution in [1.29, 1.82) is 0 Å². The molecule has 10 nitrogen and oxygen atoms in total. The smallest absolute Gasteiger partial charge is 0.268 e. The fourth-order valence-corrected chi connectivity index (χ4v) is 5.08. The lowest BCUT2D eigenvalue weighted by Gasteiger charge is -2.23. The minimum atomic E-state index is -4.48. The summed E-state index contributed by atoms with van der Waals surface area (Å²) in [6.07, 6.45) is 2.67. The van der Waals surface area contributed by atoms with Crippen LogP contribution in [0.25, 0.3) is 0 Å². The number of benzene rings is 3. The SMILES string of the molecule is CCCCc1ccc(N(C(=O)c2cc([N+](=O)[O-])c(C)c([N+](=O)[O-])c2)S(=O)(=O)c2ccc(C)cc2)cc1. The van der Waals surface area contributed by atoms with Crippen LogP contribution in [0.4, 0.5) is 17.1 Å². The molecule has 0 saturated carbocycles. The summed E-state index contributed by atoms with van der Waals surface area (Å²) in [5.41, 5.74) is -0.296. The average Bonchev–Trinajstić information content (AvgIpc) is 2.83. The van der Waals surface area contributed by atoms with Crippen LogP contribution in [0.15, 0.2) is 65.6 Å². The molecule has 0 radical (unpaired) electrons. The van der Waals surface area contributed by atoms with E-state index in [2.05, 4.69) is 0 Å². The van der Waals surface area contributed by atoms with Gasteiger partial charge in [-0.15, -0.1) is 0 Å². The number of nitrogens with zero attached hydrogens (tertiary/aromatic N) is 3. The molecule has 0 fully saturated rings. The number of nitro groups is 2. The van der Waals surface area contributed by atoms with E-state index in [1.807, 2.05) is 6.92 Å². The van der Waals surface area contributed by atoms with Gasteiger partial charge in [-0.05, 0) is 56.5 Å². The predicted octanol–water partition coefficient (Wildman–Crippen LogP) is 5.50. The molecular weight excluding hydrogens is 486 g/mol. The molecule has 0 N–H and O–H groups in total. The molecule has 3 aromatic rings. The van der Waals surface area contributed by atoms with Crippen molar-refractivity contribution >= 4 is 33.0 Å². The first-order chi connectivity index (χ1) is 17.0. The zero-order valence-corrected chi connectivity index (χ0v) is 20.8. The molecule has 0 atom stereocenters. The third kappa shape index (κ3) is 5.41. The Morgan fingerprint density at radius 2 is 1.42 bits per heavy atom. The largest absolute Gasteiger partial charge is 0.279 e. The minimum Gasteiger partial charge on any atom is -0.268 e. The van der Waals surface area contributed by atoms with E-state index in [0.29, 0.717) is 4.31 Å². The first-order valence-corrected chi connectivity index (χ1v) is 12.6. The van der Waals surface area contributed by atoms with Crippen LogP contribution in [0, 0.1) is 34.1 Å². The molecule has 0 heterocycles. The van der Waals surface area contributed by atoms with Gasteiger partial charge < -0.3 is 0 Å². The van der Waals surface area contributed by atoms with Gasteiger partial charge in [-0.2, -0.15) is 4.31 Å². The van der Waals surface area contributed by atoms with E-state index in [1.54, 1.807) is 31.2 Å². The summed E-state index contributed by atoms with van der Waals surface area (Å²) in [4.78, 5) is 34.8. The molecule has 0 saturated heterocycles. The number of carbonyl (C=O) groups excluding carboxylic acids is 1. The summed E-state index contributed by atoms with van der Waals surface area (Å²) in [7, 11) is -4.48. The van der Waals surface area contributed by atoms with Crippen molar-refractivity contribution in [3.05, 3.63) is 103 Å². The summed E-state index contributed by atoms with van der Waals surface area (Å²) in [5, 5.41) is 23.1. The van der Waals surface area contributed by atoms with Crippen molar-refractivity contribution in [3.8, 4) is 0 Å². The van der Waals surface area contributed by atoms with Crippen LogP contribution in [-0.4, -0.2) is 24.2 Å². The van der Waals surface area contributed by atoms with Gasteiger partial charge >= 0.3 is 0 Å². The number of aryl methyl sites for hydroxylation is 2. The number of anilines is 1. The lowest BCUT2D eigenvalue weighted by molar-refractivity contribution is -0.395. The molecule has 0 bridgehead atoms. The number of amides is 1. The van der Waals surface area contributed by atoms with Crippen molar-refractivity contribution in [2.45, 2.75) is 44.9 Å². The van der Waals surface area contributed by atoms with Crippen LogP contribution in [0.3, 0.4) is 0 Å². The highest BCUT2D eigenvalue weighted by Gasteiger charge is 2.34. The van der Waals surface area contributed by atoms with Gasteiger partial charge in [0.05, 0.1) is 26.0 Å². The number of rotatable bonds is 9. The van der Waals surface area contributed by atoms with Crippen LogP contribution < -0.4 is 4.31 Å². The third-order valence-electron chi connectivity index (χ3n) is 5.73. The molecule has 1 amide bonds. The van der Waals surface area contributed by atoms with Crippen molar-refractivity contribution in [1.82, 2.24) is 0 Å². The van der Waals surface area contributed by atoms with E-state index in [0.717, 1.165) is 42.5 Å². The maximum absolute atomic E-state index is 13.7. The van der Waals surface area contributed by atoms with Crippen LogP contribution >= 0.6 is 0 Å². The molecule has 0 unspecified atom stereocenters. The zero-order chi connectivity index (χ0) is 26.6. The van der Waals surface area contributed by atoms with Gasteiger partial charge in [0.15, 0.2) is 0 Å². The fourth-order valence-electron chi connectivity index (χ4n) is 3.66. The molecule has 3 aromatic carbocycles. The van der Waals surface area contributed by atoms with Crippen LogP contribution in [0.1, 0.15) is 46.8 Å². The molecule has 188 valence electrons. The van der Waals surface area contributed by atoms with Gasteiger partial charge in [0.2, 0.25) is 0 Å². The topological polar surface area (TPSA) is 141 Å². The lowest BCUT2D eigenvalue weighted by atomic mass is 10.1. The first kappa shape index (κ1) is 26.5. The van der Waals surface area contributed by atoms with E-state index in [9.17, 15) is 33.4 Å². The molecular formula is C25H25N3O7S. The van der Waals surface area contributed by atoms with E-state index < -0.39 is 42.7 Å². The van der Waals surface area contributed by atoms with Crippen molar-refractivity contribution < 1.29 is 23.1 Å². The van der Waals surface area contributed by atoms with Crippen molar-refractivity contribution in [3.63, 3.8) is 0 Å². The summed E-state index contributed by atoms with van der Waals surface area (Å²) >= 11 is 0. The number of unbranched alkanes of at least 4 members (excludes halogenated alkanes) is 1. The normalized spacial score (nSPS) is 11.2. The second kappa shape index (κ2) is 10.6. The molecule has 36 heavy (non-hydrogen) atoms. The van der Waals surface area contributed by atoms with Crippen LogP contribution in [0.5, 0.6) is 0 Å².